The maximum Gasteiger partial charge on any atom is 0.0782 e. The van der Waals surface area contributed by atoms with Gasteiger partial charge in [-0.1, -0.05) is 103 Å². The number of para-hydroxylation sites is 3. The molecule has 0 saturated heterocycles. The summed E-state index contributed by atoms with van der Waals surface area (Å²) in [4.78, 5) is 0. The van der Waals surface area contributed by atoms with Crippen molar-refractivity contribution >= 4 is 55.2 Å². The van der Waals surface area contributed by atoms with E-state index in [2.05, 4.69) is 143 Å². The molecule has 3 heteroatoms. The Morgan fingerprint density at radius 3 is 1.85 bits per heavy atom. The molecule has 0 spiro atoms. The average molecular weight is 519 g/mol. The van der Waals surface area contributed by atoms with Gasteiger partial charge in [-0.3, -0.25) is 0 Å². The van der Waals surface area contributed by atoms with Crippen LogP contribution >= 0.6 is 11.6 Å². The van der Waals surface area contributed by atoms with Crippen molar-refractivity contribution in [1.82, 2.24) is 9.13 Å². The first-order valence-electron chi connectivity index (χ1n) is 13.1. The molecule has 39 heavy (non-hydrogen) atoms. The lowest BCUT2D eigenvalue weighted by molar-refractivity contribution is 1.13. The van der Waals surface area contributed by atoms with Crippen LogP contribution in [0.4, 0.5) is 0 Å². The molecule has 2 aromatic heterocycles. The van der Waals surface area contributed by atoms with Crippen molar-refractivity contribution in [3.63, 3.8) is 0 Å². The Morgan fingerprint density at radius 2 is 1.03 bits per heavy atom. The van der Waals surface area contributed by atoms with Gasteiger partial charge in [-0.15, -0.1) is 0 Å². The second kappa shape index (κ2) is 8.62. The Morgan fingerprint density at radius 1 is 0.410 bits per heavy atom. The van der Waals surface area contributed by atoms with Crippen molar-refractivity contribution in [2.24, 2.45) is 0 Å². The third-order valence-electron chi connectivity index (χ3n) is 7.76. The molecule has 2 nitrogen and oxygen atoms in total. The number of halogens is 1. The summed E-state index contributed by atoms with van der Waals surface area (Å²) in [5.74, 6) is 0. The highest BCUT2D eigenvalue weighted by Gasteiger charge is 2.20. The van der Waals surface area contributed by atoms with Gasteiger partial charge in [0.05, 0.1) is 27.8 Å². The van der Waals surface area contributed by atoms with Crippen molar-refractivity contribution in [3.05, 3.63) is 145 Å². The van der Waals surface area contributed by atoms with E-state index in [0.717, 1.165) is 32.8 Å². The van der Waals surface area contributed by atoms with Crippen LogP contribution in [0.2, 0.25) is 5.02 Å². The fourth-order valence-corrected chi connectivity index (χ4v) is 6.28. The third kappa shape index (κ3) is 3.35. The lowest BCUT2D eigenvalue weighted by Crippen LogP contribution is -2.00. The largest absolute Gasteiger partial charge is 0.307 e. The summed E-state index contributed by atoms with van der Waals surface area (Å²) in [7, 11) is 0. The molecule has 0 aliphatic heterocycles. The maximum absolute atomic E-state index is 6.48. The predicted molar refractivity (Wildman–Crippen MR) is 166 cm³/mol. The number of benzene rings is 6. The number of aromatic nitrogens is 2. The van der Waals surface area contributed by atoms with Crippen LogP contribution in [-0.4, -0.2) is 9.13 Å². The van der Waals surface area contributed by atoms with Crippen LogP contribution in [0.5, 0.6) is 0 Å². The van der Waals surface area contributed by atoms with Gasteiger partial charge in [0, 0.05) is 32.3 Å². The molecular weight excluding hydrogens is 496 g/mol. The van der Waals surface area contributed by atoms with E-state index in [1.54, 1.807) is 0 Å². The summed E-state index contributed by atoms with van der Waals surface area (Å²) in [5.41, 5.74) is 9.36. The highest BCUT2D eigenvalue weighted by atomic mass is 35.5. The number of hydrogen-bond acceptors (Lipinski definition) is 0. The van der Waals surface area contributed by atoms with Gasteiger partial charge < -0.3 is 9.13 Å². The second-order valence-corrected chi connectivity index (χ2v) is 10.4. The lowest BCUT2D eigenvalue weighted by Gasteiger charge is -2.15. The summed E-state index contributed by atoms with van der Waals surface area (Å²) in [5, 5.41) is 5.57. The van der Waals surface area contributed by atoms with E-state index in [1.165, 1.54) is 38.3 Å². The van der Waals surface area contributed by atoms with Crippen LogP contribution in [0, 0.1) is 0 Å². The SMILES string of the molecule is Clc1ccc2c(c1)c1ccccc1n2-c1cccc2c3ccccc3n(-c3cccc(-c4ccccc4)c3)c12. The van der Waals surface area contributed by atoms with Gasteiger partial charge in [-0.05, 0) is 59.7 Å². The highest BCUT2D eigenvalue weighted by Crippen LogP contribution is 2.40. The van der Waals surface area contributed by atoms with Gasteiger partial charge in [-0.25, -0.2) is 0 Å². The van der Waals surface area contributed by atoms with Crippen LogP contribution in [0.15, 0.2) is 140 Å². The Labute approximate surface area is 230 Å². The summed E-state index contributed by atoms with van der Waals surface area (Å²) in [6.07, 6.45) is 0. The van der Waals surface area contributed by atoms with E-state index < -0.39 is 0 Å². The average Bonchev–Trinajstić information content (AvgIpc) is 3.50. The molecular formula is C36H23ClN2. The first-order valence-corrected chi connectivity index (χ1v) is 13.5. The van der Waals surface area contributed by atoms with E-state index in [0.29, 0.717) is 0 Å². The Bertz CT molecular complexity index is 2180. The lowest BCUT2D eigenvalue weighted by atomic mass is 10.1. The van der Waals surface area contributed by atoms with Crippen molar-refractivity contribution in [2.45, 2.75) is 0 Å². The van der Waals surface area contributed by atoms with Gasteiger partial charge in [0.15, 0.2) is 0 Å². The minimum atomic E-state index is 0.746. The maximum atomic E-state index is 6.48. The second-order valence-electron chi connectivity index (χ2n) is 9.96. The van der Waals surface area contributed by atoms with Gasteiger partial charge >= 0.3 is 0 Å². The molecule has 0 unspecified atom stereocenters. The molecule has 0 radical (unpaired) electrons. The fourth-order valence-electron chi connectivity index (χ4n) is 6.11. The molecule has 184 valence electrons. The van der Waals surface area contributed by atoms with E-state index in [1.807, 2.05) is 6.07 Å². The molecule has 0 N–H and O–H groups in total. The molecule has 0 bridgehead atoms. The van der Waals surface area contributed by atoms with Crippen LogP contribution in [0.25, 0.3) is 66.1 Å². The summed E-state index contributed by atoms with van der Waals surface area (Å²) >= 11 is 6.48. The molecule has 8 aromatic rings. The van der Waals surface area contributed by atoms with Gasteiger partial charge in [0.25, 0.3) is 0 Å². The van der Waals surface area contributed by atoms with Crippen LogP contribution < -0.4 is 0 Å². The molecule has 8 rings (SSSR count). The molecule has 0 aliphatic rings. The van der Waals surface area contributed by atoms with Crippen LogP contribution in [0.1, 0.15) is 0 Å². The zero-order valence-corrected chi connectivity index (χ0v) is 21.8. The van der Waals surface area contributed by atoms with Crippen LogP contribution in [-0.2, 0) is 0 Å². The number of hydrogen-bond donors (Lipinski definition) is 0. The molecule has 0 aliphatic carbocycles. The van der Waals surface area contributed by atoms with Crippen LogP contribution in [0.3, 0.4) is 0 Å². The molecule has 6 aromatic carbocycles. The predicted octanol–water partition coefficient (Wildman–Crippen LogP) is 10.2. The standard InChI is InChI=1S/C36H23ClN2/c37-26-20-21-34-31(23-26)29-15-5-7-18-33(29)39(34)35-19-9-16-30-28-14-4-6-17-32(28)38(36(30)35)27-13-8-12-25(22-27)24-10-2-1-3-11-24/h1-23H. The van der Waals surface area contributed by atoms with Crippen molar-refractivity contribution in [1.29, 1.82) is 0 Å². The summed E-state index contributed by atoms with van der Waals surface area (Å²) in [6, 6.07) is 49.6. The zero-order valence-electron chi connectivity index (χ0n) is 21.1. The molecule has 0 atom stereocenters. The van der Waals surface area contributed by atoms with E-state index in [9.17, 15) is 0 Å². The topological polar surface area (TPSA) is 9.86 Å². The summed E-state index contributed by atoms with van der Waals surface area (Å²) < 4.78 is 4.81. The van der Waals surface area contributed by atoms with E-state index in [-0.39, 0.29) is 0 Å². The fraction of sp³-hybridized carbons (Fsp3) is 0. The molecule has 0 fully saturated rings. The van der Waals surface area contributed by atoms with E-state index in [4.69, 9.17) is 11.6 Å². The highest BCUT2D eigenvalue weighted by molar-refractivity contribution is 6.32. The minimum Gasteiger partial charge on any atom is -0.307 e. The summed E-state index contributed by atoms with van der Waals surface area (Å²) in [6.45, 7) is 0. The monoisotopic (exact) mass is 518 g/mol. The van der Waals surface area contributed by atoms with Crippen molar-refractivity contribution in [2.75, 3.05) is 0 Å². The normalized spacial score (nSPS) is 11.7. The quantitative estimate of drug-likeness (QED) is 0.220. The van der Waals surface area contributed by atoms with Gasteiger partial charge in [-0.2, -0.15) is 0 Å². The Kier molecular flexibility index (Phi) is 4.91. The number of nitrogens with zero attached hydrogens (tertiary/aromatic N) is 2. The van der Waals surface area contributed by atoms with Crippen molar-refractivity contribution < 1.29 is 0 Å². The Balaban J connectivity index is 1.52. The number of fused-ring (bicyclic) bond motifs is 6. The zero-order chi connectivity index (χ0) is 25.9. The van der Waals surface area contributed by atoms with Crippen molar-refractivity contribution in [3.8, 4) is 22.5 Å². The Hall–Kier alpha value is -4.79. The molecule has 0 saturated carbocycles. The van der Waals surface area contributed by atoms with E-state index >= 15 is 0 Å². The van der Waals surface area contributed by atoms with Gasteiger partial charge in [0.1, 0.15) is 0 Å². The van der Waals surface area contributed by atoms with Gasteiger partial charge in [0.2, 0.25) is 0 Å². The minimum absolute atomic E-state index is 0.746. The smallest absolute Gasteiger partial charge is 0.0782 e. The first-order chi connectivity index (χ1) is 19.3. The molecule has 0 amide bonds. The third-order valence-corrected chi connectivity index (χ3v) is 8.00. The molecule has 2 heterocycles. The first kappa shape index (κ1) is 22.2. The number of rotatable bonds is 3.